The van der Waals surface area contributed by atoms with Gasteiger partial charge in [0.1, 0.15) is 11.3 Å². The molecule has 1 saturated heterocycles. The lowest BCUT2D eigenvalue weighted by Crippen LogP contribution is -2.50. The Balaban J connectivity index is 1.88. The maximum atomic E-state index is 12.7. The topological polar surface area (TPSA) is 80.6 Å². The minimum Gasteiger partial charge on any atom is -0.444 e. The van der Waals surface area contributed by atoms with Gasteiger partial charge in [-0.2, -0.15) is 0 Å². The van der Waals surface area contributed by atoms with E-state index in [1.807, 2.05) is 59.0 Å². The van der Waals surface area contributed by atoms with Crippen molar-refractivity contribution >= 4 is 22.7 Å². The van der Waals surface area contributed by atoms with Crippen LogP contribution in [0.2, 0.25) is 0 Å². The summed E-state index contributed by atoms with van der Waals surface area (Å²) >= 11 is 0. The minimum atomic E-state index is -0.704. The third-order valence-electron chi connectivity index (χ3n) is 4.44. The molecule has 1 aliphatic rings. The Morgan fingerprint density at radius 3 is 2.84 bits per heavy atom. The van der Waals surface area contributed by atoms with Crippen molar-refractivity contribution in [2.45, 2.75) is 58.4 Å². The van der Waals surface area contributed by atoms with Gasteiger partial charge < -0.3 is 20.2 Å². The number of anilines is 1. The zero-order valence-corrected chi connectivity index (χ0v) is 15.6. The molecule has 136 valence electrons. The maximum absolute atomic E-state index is 12.7. The molecule has 2 heterocycles. The first-order valence-corrected chi connectivity index (χ1v) is 8.59. The minimum absolute atomic E-state index is 0.108. The van der Waals surface area contributed by atoms with Gasteiger partial charge in [0.25, 0.3) is 0 Å². The third-order valence-corrected chi connectivity index (χ3v) is 4.44. The Morgan fingerprint density at radius 1 is 1.44 bits per heavy atom. The van der Waals surface area contributed by atoms with Gasteiger partial charge in [0, 0.05) is 22.8 Å². The number of aromatic amines is 1. The number of amides is 1. The highest BCUT2D eigenvalue weighted by Gasteiger charge is 2.45. The molecule has 0 radical (unpaired) electrons. The van der Waals surface area contributed by atoms with Gasteiger partial charge >= 0.3 is 6.09 Å². The Hall–Kier alpha value is -2.21. The summed E-state index contributed by atoms with van der Waals surface area (Å²) in [7, 11) is 0. The number of ether oxygens (including phenoxy) is 2. The van der Waals surface area contributed by atoms with Crippen LogP contribution in [0.15, 0.2) is 24.4 Å². The van der Waals surface area contributed by atoms with Crippen LogP contribution < -0.4 is 5.73 Å². The summed E-state index contributed by atoms with van der Waals surface area (Å²) in [5.74, 6) is 0. The number of nitrogens with two attached hydrogens (primary N) is 1. The molecule has 0 unspecified atom stereocenters. The Labute approximate surface area is 148 Å². The highest BCUT2D eigenvalue weighted by molar-refractivity contribution is 5.93. The van der Waals surface area contributed by atoms with E-state index in [9.17, 15) is 4.79 Å². The van der Waals surface area contributed by atoms with E-state index in [4.69, 9.17) is 15.2 Å². The van der Waals surface area contributed by atoms with Crippen molar-refractivity contribution in [2.75, 3.05) is 12.3 Å². The molecule has 1 atom stereocenters. The van der Waals surface area contributed by atoms with Crippen molar-refractivity contribution in [3.63, 3.8) is 0 Å². The number of rotatable bonds is 2. The summed E-state index contributed by atoms with van der Waals surface area (Å²) in [5.41, 5.74) is 7.70. The Morgan fingerprint density at radius 2 is 2.16 bits per heavy atom. The van der Waals surface area contributed by atoms with Crippen LogP contribution in [0.5, 0.6) is 0 Å². The summed E-state index contributed by atoms with van der Waals surface area (Å²) in [5, 5.41) is 1.01. The SMILES string of the molecule is CC(C)(C)OC(=O)N1[C@@H](Cc2c[nH]c3cccc(N)c23)COC1(C)C. The summed E-state index contributed by atoms with van der Waals surface area (Å²) in [4.78, 5) is 17.7. The first-order valence-electron chi connectivity index (χ1n) is 8.59. The van der Waals surface area contributed by atoms with Gasteiger partial charge in [0.2, 0.25) is 0 Å². The number of nitrogens with zero attached hydrogens (tertiary/aromatic N) is 1. The number of hydrogen-bond donors (Lipinski definition) is 2. The van der Waals surface area contributed by atoms with Crippen LogP contribution in [0, 0.1) is 0 Å². The zero-order chi connectivity index (χ0) is 18.4. The molecule has 25 heavy (non-hydrogen) atoms. The fraction of sp³-hybridized carbons (Fsp3) is 0.526. The highest BCUT2D eigenvalue weighted by Crippen LogP contribution is 2.33. The largest absolute Gasteiger partial charge is 0.444 e. The number of nitrogen functional groups attached to an aromatic ring is 1. The molecule has 6 nitrogen and oxygen atoms in total. The zero-order valence-electron chi connectivity index (χ0n) is 15.6. The molecule has 3 rings (SSSR count). The van der Waals surface area contributed by atoms with Gasteiger partial charge in [-0.3, -0.25) is 4.90 Å². The smallest absolute Gasteiger partial charge is 0.412 e. The van der Waals surface area contributed by atoms with Gasteiger partial charge in [0.15, 0.2) is 0 Å². The van der Waals surface area contributed by atoms with Crippen LogP contribution in [0.25, 0.3) is 10.9 Å². The maximum Gasteiger partial charge on any atom is 0.412 e. The van der Waals surface area contributed by atoms with Crippen LogP contribution in [-0.4, -0.2) is 40.0 Å². The first kappa shape index (κ1) is 17.6. The summed E-state index contributed by atoms with van der Waals surface area (Å²) in [6.45, 7) is 9.84. The second-order valence-corrected chi connectivity index (χ2v) is 8.05. The van der Waals surface area contributed by atoms with Crippen molar-refractivity contribution in [3.8, 4) is 0 Å². The molecule has 2 aromatic rings. The second kappa shape index (κ2) is 5.95. The average Bonchev–Trinajstić information content (AvgIpc) is 2.99. The normalized spacial score (nSPS) is 20.2. The summed E-state index contributed by atoms with van der Waals surface area (Å²) in [6, 6.07) is 5.70. The lowest BCUT2D eigenvalue weighted by atomic mass is 10.0. The van der Waals surface area contributed by atoms with Gasteiger partial charge in [-0.05, 0) is 58.7 Å². The van der Waals surface area contributed by atoms with E-state index in [2.05, 4.69) is 4.98 Å². The molecule has 0 aliphatic carbocycles. The van der Waals surface area contributed by atoms with E-state index in [1.165, 1.54) is 0 Å². The number of carbonyl (C=O) groups excluding carboxylic acids is 1. The lowest BCUT2D eigenvalue weighted by molar-refractivity contribution is -0.0623. The van der Waals surface area contributed by atoms with E-state index < -0.39 is 11.3 Å². The molecule has 0 saturated carbocycles. The molecule has 1 aromatic heterocycles. The predicted octanol–water partition coefficient (Wildman–Crippen LogP) is 3.66. The number of hydrogen-bond acceptors (Lipinski definition) is 4. The second-order valence-electron chi connectivity index (χ2n) is 8.05. The molecular formula is C19H27N3O3. The lowest BCUT2D eigenvalue weighted by Gasteiger charge is -2.35. The predicted molar refractivity (Wildman–Crippen MR) is 98.3 cm³/mol. The molecule has 1 aromatic carbocycles. The van der Waals surface area contributed by atoms with E-state index in [0.29, 0.717) is 13.0 Å². The van der Waals surface area contributed by atoms with Gasteiger partial charge in [0.05, 0.1) is 12.6 Å². The summed E-state index contributed by atoms with van der Waals surface area (Å²) < 4.78 is 11.5. The first-order chi connectivity index (χ1) is 11.6. The fourth-order valence-electron chi connectivity index (χ4n) is 3.41. The molecule has 1 fully saturated rings. The molecule has 0 spiro atoms. The number of benzene rings is 1. The van der Waals surface area contributed by atoms with Crippen molar-refractivity contribution in [1.29, 1.82) is 0 Å². The Bertz CT molecular complexity index is 789. The van der Waals surface area contributed by atoms with Gasteiger partial charge in [-0.25, -0.2) is 4.79 Å². The number of fused-ring (bicyclic) bond motifs is 1. The van der Waals surface area contributed by atoms with Crippen molar-refractivity contribution < 1.29 is 14.3 Å². The molecule has 1 aliphatic heterocycles. The van der Waals surface area contributed by atoms with E-state index in [0.717, 1.165) is 22.2 Å². The van der Waals surface area contributed by atoms with E-state index in [1.54, 1.807) is 4.90 Å². The van der Waals surface area contributed by atoms with Crippen LogP contribution in [0.3, 0.4) is 0 Å². The molecular weight excluding hydrogens is 318 g/mol. The Kier molecular flexibility index (Phi) is 4.19. The van der Waals surface area contributed by atoms with Crippen LogP contribution in [0.1, 0.15) is 40.2 Å². The number of nitrogens with one attached hydrogen (secondary N) is 1. The average molecular weight is 345 g/mol. The molecule has 6 heteroatoms. The number of carbonyl (C=O) groups is 1. The fourth-order valence-corrected chi connectivity index (χ4v) is 3.41. The van der Waals surface area contributed by atoms with Crippen molar-refractivity contribution in [3.05, 3.63) is 30.0 Å². The van der Waals surface area contributed by atoms with Crippen LogP contribution >= 0.6 is 0 Å². The molecule has 3 N–H and O–H groups in total. The highest BCUT2D eigenvalue weighted by atomic mass is 16.6. The van der Waals surface area contributed by atoms with E-state index in [-0.39, 0.29) is 12.1 Å². The van der Waals surface area contributed by atoms with Crippen LogP contribution in [0.4, 0.5) is 10.5 Å². The quantitative estimate of drug-likeness (QED) is 0.814. The number of H-pyrrole nitrogens is 1. The molecule has 0 bridgehead atoms. The van der Waals surface area contributed by atoms with E-state index >= 15 is 0 Å². The van der Waals surface area contributed by atoms with Crippen molar-refractivity contribution in [2.24, 2.45) is 0 Å². The van der Waals surface area contributed by atoms with Crippen molar-refractivity contribution in [1.82, 2.24) is 9.88 Å². The standard InChI is InChI=1S/C19H27N3O3/c1-18(2,3)25-17(23)22-13(11-24-19(22,4)5)9-12-10-21-15-8-6-7-14(20)16(12)15/h6-8,10,13,21H,9,11,20H2,1-5H3/t13-/m0/s1. The number of aromatic nitrogens is 1. The monoisotopic (exact) mass is 345 g/mol. The van der Waals surface area contributed by atoms with Gasteiger partial charge in [-0.1, -0.05) is 6.07 Å². The van der Waals surface area contributed by atoms with Gasteiger partial charge in [-0.15, -0.1) is 0 Å². The molecule has 1 amide bonds. The third kappa shape index (κ3) is 3.44. The van der Waals surface area contributed by atoms with Crippen LogP contribution in [-0.2, 0) is 15.9 Å². The summed E-state index contributed by atoms with van der Waals surface area (Å²) in [6.07, 6.45) is 2.25.